The molecule has 0 fully saturated rings. The highest BCUT2D eigenvalue weighted by Gasteiger charge is 2.12. The largest absolute Gasteiger partial charge is 0.364 e. The van der Waals surface area contributed by atoms with Crippen LogP contribution in [0.5, 0.6) is 0 Å². The van der Waals surface area contributed by atoms with Gasteiger partial charge in [-0.15, -0.1) is 10.2 Å². The summed E-state index contributed by atoms with van der Waals surface area (Å²) in [5.41, 5.74) is 4.84. The van der Waals surface area contributed by atoms with Crippen LogP contribution in [-0.2, 0) is 0 Å². The fraction of sp³-hybridized carbons (Fsp3) is 0. The summed E-state index contributed by atoms with van der Waals surface area (Å²) in [5, 5.41) is 7.31. The van der Waals surface area contributed by atoms with Gasteiger partial charge in [-0.25, -0.2) is 4.39 Å². The Bertz CT molecular complexity index is 615. The molecule has 1 aromatic carbocycles. The van der Waals surface area contributed by atoms with Gasteiger partial charge in [-0.2, -0.15) is 0 Å². The first-order chi connectivity index (χ1) is 8.50. The predicted octanol–water partition coefficient (Wildman–Crippen LogP) is 2.03. The van der Waals surface area contributed by atoms with E-state index < -0.39 is 11.7 Å². The number of rotatable bonds is 2. The van der Waals surface area contributed by atoms with Gasteiger partial charge in [0, 0.05) is 0 Å². The minimum Gasteiger partial charge on any atom is -0.364 e. The van der Waals surface area contributed by atoms with Gasteiger partial charge < -0.3 is 5.73 Å². The van der Waals surface area contributed by atoms with E-state index in [4.69, 9.17) is 18.7 Å². The predicted molar refractivity (Wildman–Crippen MR) is 61.0 cm³/mol. The van der Waals surface area contributed by atoms with Crippen molar-refractivity contribution in [2.45, 2.75) is 0 Å². The second kappa shape index (κ2) is 4.47. The van der Waals surface area contributed by atoms with Gasteiger partial charge in [0.2, 0.25) is 0 Å². The lowest BCUT2D eigenvalue weighted by molar-refractivity contribution is 0.0994. The molecular weight excluding hydrogens is 245 g/mol. The molecule has 6 heteroatoms. The molecule has 0 saturated carbocycles. The first kappa shape index (κ1) is 10.2. The van der Waals surface area contributed by atoms with Crippen LogP contribution in [0.2, 0.25) is 5.02 Å². The Morgan fingerprint density at radius 2 is 2.18 bits per heavy atom. The molecule has 0 saturated heterocycles. The van der Waals surface area contributed by atoms with Gasteiger partial charge in [-0.05, 0) is 24.2 Å². The number of hydrogen-bond donors (Lipinski definition) is 1. The average molecular weight is 253 g/mol. The second-order valence-electron chi connectivity index (χ2n) is 3.18. The molecule has 0 bridgehead atoms. The quantitative estimate of drug-likeness (QED) is 0.889. The molecule has 0 radical (unpaired) electrons. The van der Waals surface area contributed by atoms with Gasteiger partial charge in [0.15, 0.2) is 5.69 Å². The molecular formula is C11H7ClFN3O. The number of carbonyl (C=O) groups excluding carboxylic acids is 1. The van der Waals surface area contributed by atoms with E-state index in [1.165, 1.54) is 24.3 Å². The van der Waals surface area contributed by atoms with Gasteiger partial charge in [-0.3, -0.25) is 4.79 Å². The molecule has 0 spiro atoms. The highest BCUT2D eigenvalue weighted by atomic mass is 35.5. The summed E-state index contributed by atoms with van der Waals surface area (Å²) < 4.78 is 21.2. The number of carbonyl (C=O) groups is 1. The van der Waals surface area contributed by atoms with E-state index in [1.807, 2.05) is 0 Å². The van der Waals surface area contributed by atoms with Crippen molar-refractivity contribution in [3.63, 3.8) is 0 Å². The molecule has 0 aliphatic heterocycles. The lowest BCUT2D eigenvalue weighted by Gasteiger charge is -2.04. The van der Waals surface area contributed by atoms with E-state index in [0.29, 0.717) is 0 Å². The Labute approximate surface area is 103 Å². The molecule has 4 nitrogen and oxygen atoms in total. The molecule has 2 aromatic rings. The average Bonchev–Trinajstić information content (AvgIpc) is 2.28. The smallest absolute Gasteiger partial charge is 0.269 e. The highest BCUT2D eigenvalue weighted by Crippen LogP contribution is 2.28. The molecule has 86 valence electrons. The van der Waals surface area contributed by atoms with E-state index in [1.54, 1.807) is 0 Å². The fourth-order valence-electron chi connectivity index (χ4n) is 1.28. The molecule has 0 aliphatic rings. The van der Waals surface area contributed by atoms with Crippen molar-refractivity contribution in [3.8, 4) is 11.3 Å². The second-order valence-corrected chi connectivity index (χ2v) is 3.59. The lowest BCUT2D eigenvalue weighted by Crippen LogP contribution is -2.13. The van der Waals surface area contributed by atoms with E-state index in [0.717, 1.165) is 0 Å². The number of nitrogens with two attached hydrogens (primary N) is 1. The van der Waals surface area contributed by atoms with Crippen LogP contribution in [0.3, 0.4) is 0 Å². The van der Waals surface area contributed by atoms with Crippen LogP contribution in [0.1, 0.15) is 11.9 Å². The molecule has 1 amide bonds. The van der Waals surface area contributed by atoms with Gasteiger partial charge in [0.1, 0.15) is 5.82 Å². The van der Waals surface area contributed by atoms with Crippen LogP contribution in [-0.4, -0.2) is 16.1 Å². The number of halogens is 2. The standard InChI is InChI=1S/C11H7ClFN3O/c12-6-2-1-3-7(13)10(6)8-4-5-9(11(14)17)16-15-8/h1-5H,(H2,14,17)/i5D. The van der Waals surface area contributed by atoms with Crippen molar-refractivity contribution in [1.82, 2.24) is 10.2 Å². The van der Waals surface area contributed by atoms with Crippen molar-refractivity contribution >= 4 is 17.5 Å². The van der Waals surface area contributed by atoms with Crippen LogP contribution < -0.4 is 5.73 Å². The number of hydrogen-bond acceptors (Lipinski definition) is 3. The maximum atomic E-state index is 13.6. The van der Waals surface area contributed by atoms with Crippen LogP contribution in [0.4, 0.5) is 4.39 Å². The van der Waals surface area contributed by atoms with Gasteiger partial charge in [-0.1, -0.05) is 17.7 Å². The molecule has 2 rings (SSSR count). The zero-order valence-electron chi connectivity index (χ0n) is 9.45. The van der Waals surface area contributed by atoms with E-state index in [-0.39, 0.29) is 28.0 Å². The third-order valence-electron chi connectivity index (χ3n) is 2.06. The first-order valence-corrected chi connectivity index (χ1v) is 4.97. The van der Waals surface area contributed by atoms with Crippen molar-refractivity contribution in [2.24, 2.45) is 5.73 Å². The molecule has 17 heavy (non-hydrogen) atoms. The third kappa shape index (κ3) is 2.24. The van der Waals surface area contributed by atoms with E-state index >= 15 is 0 Å². The maximum absolute atomic E-state index is 13.6. The summed E-state index contributed by atoms with van der Waals surface area (Å²) in [5.74, 6) is -1.44. The first-order valence-electron chi connectivity index (χ1n) is 5.09. The fourth-order valence-corrected chi connectivity index (χ4v) is 1.54. The van der Waals surface area contributed by atoms with Gasteiger partial charge in [0.25, 0.3) is 5.91 Å². The van der Waals surface area contributed by atoms with Crippen LogP contribution in [0, 0.1) is 5.82 Å². The summed E-state index contributed by atoms with van der Waals surface area (Å²) in [6.07, 6.45) is 0. The lowest BCUT2D eigenvalue weighted by atomic mass is 10.1. The number of primary amides is 1. The van der Waals surface area contributed by atoms with E-state index in [9.17, 15) is 9.18 Å². The number of aromatic nitrogens is 2. The van der Waals surface area contributed by atoms with Gasteiger partial charge >= 0.3 is 0 Å². The zero-order chi connectivity index (χ0) is 13.3. The Balaban J connectivity index is 2.59. The van der Waals surface area contributed by atoms with Crippen molar-refractivity contribution in [1.29, 1.82) is 0 Å². The Morgan fingerprint density at radius 1 is 1.41 bits per heavy atom. The van der Waals surface area contributed by atoms with Crippen LogP contribution in [0.15, 0.2) is 30.3 Å². The Hall–Kier alpha value is -2.01. The summed E-state index contributed by atoms with van der Waals surface area (Å²) in [7, 11) is 0. The molecule has 0 unspecified atom stereocenters. The maximum Gasteiger partial charge on any atom is 0.269 e. The summed E-state index contributed by atoms with van der Waals surface area (Å²) >= 11 is 5.86. The molecule has 0 aliphatic carbocycles. The van der Waals surface area contributed by atoms with Crippen molar-refractivity contribution in [3.05, 3.63) is 46.8 Å². The van der Waals surface area contributed by atoms with E-state index in [2.05, 4.69) is 10.2 Å². The normalized spacial score (nSPS) is 11.1. The zero-order valence-corrected chi connectivity index (χ0v) is 9.20. The number of benzene rings is 1. The summed E-state index contributed by atoms with van der Waals surface area (Å²) in [6, 6.07) is 5.12. The Morgan fingerprint density at radius 3 is 2.76 bits per heavy atom. The highest BCUT2D eigenvalue weighted by molar-refractivity contribution is 6.33. The topological polar surface area (TPSA) is 68.9 Å². The third-order valence-corrected chi connectivity index (χ3v) is 2.37. The molecule has 2 N–H and O–H groups in total. The SMILES string of the molecule is [2H]c1cc(-c2c(F)cccc2Cl)nnc1C(N)=O. The monoisotopic (exact) mass is 252 g/mol. The minimum atomic E-state index is -0.862. The minimum absolute atomic E-state index is 0.0381. The number of nitrogens with zero attached hydrogens (tertiary/aromatic N) is 2. The van der Waals surface area contributed by atoms with Crippen LogP contribution in [0.25, 0.3) is 11.3 Å². The van der Waals surface area contributed by atoms with Crippen molar-refractivity contribution < 1.29 is 10.6 Å². The van der Waals surface area contributed by atoms with Crippen molar-refractivity contribution in [2.75, 3.05) is 0 Å². The molecule has 0 atom stereocenters. The number of amides is 1. The summed E-state index contributed by atoms with van der Waals surface area (Å²) in [6.45, 7) is 0. The molecule has 1 heterocycles. The van der Waals surface area contributed by atoms with Crippen LogP contribution >= 0.6 is 11.6 Å². The van der Waals surface area contributed by atoms with Gasteiger partial charge in [0.05, 0.1) is 17.7 Å². The Kier molecular flexibility index (Phi) is 2.67. The molecule has 1 aromatic heterocycles. The summed E-state index contributed by atoms with van der Waals surface area (Å²) in [4.78, 5) is 10.9.